The number of H-pyrrole nitrogens is 1. The highest BCUT2D eigenvalue weighted by Gasteiger charge is 2.14. The molecule has 0 spiro atoms. The quantitative estimate of drug-likeness (QED) is 0.571. The smallest absolute Gasteiger partial charge is 0.345 e. The van der Waals surface area contributed by atoms with Crippen LogP contribution in [-0.2, 0) is 11.2 Å². The van der Waals surface area contributed by atoms with Crippen molar-refractivity contribution < 1.29 is 9.72 Å². The van der Waals surface area contributed by atoms with Crippen LogP contribution in [0.4, 0.5) is 10.1 Å². The van der Waals surface area contributed by atoms with Crippen LogP contribution in [0, 0.1) is 10.1 Å². The monoisotopic (exact) mass is 302 g/mol. The molecule has 3 aromatic rings. The molecule has 0 saturated heterocycles. The van der Waals surface area contributed by atoms with Gasteiger partial charge >= 0.3 is 5.00 Å². The molecule has 2 aromatic heterocycles. The molecule has 0 unspecified atom stereocenters. The average molecular weight is 302 g/mol. The third-order valence-corrected chi connectivity index (χ3v) is 3.81. The molecular weight excluding hydrogens is 292 g/mol. The predicted octanol–water partition coefficient (Wildman–Crippen LogP) is 2.71. The normalized spacial score (nSPS) is 10.7. The second-order valence-corrected chi connectivity index (χ2v) is 5.35. The van der Waals surface area contributed by atoms with E-state index in [1.807, 2.05) is 24.3 Å². The Hall–Kier alpha value is -2.74. The van der Waals surface area contributed by atoms with E-state index in [1.54, 1.807) is 6.20 Å². The van der Waals surface area contributed by atoms with Crippen molar-refractivity contribution in [1.82, 2.24) is 9.97 Å². The van der Waals surface area contributed by atoms with Gasteiger partial charge in [0.15, 0.2) is 5.13 Å². The first-order valence-corrected chi connectivity index (χ1v) is 6.90. The van der Waals surface area contributed by atoms with E-state index in [2.05, 4.69) is 15.3 Å². The molecule has 0 aliphatic carbocycles. The number of hydrogen-bond donors (Lipinski definition) is 2. The first kappa shape index (κ1) is 13.3. The van der Waals surface area contributed by atoms with Crippen molar-refractivity contribution >= 4 is 38.3 Å². The standard InChI is InChI=1S/C13H10N4O3S/c18-11(16-13-15-7-12(21-13)17(19)20)5-8-6-14-10-4-2-1-3-9(8)10/h1-4,6-7,14H,5H2,(H,15,16,18). The number of carbonyl (C=O) groups excluding carboxylic acids is 1. The lowest BCUT2D eigenvalue weighted by atomic mass is 10.1. The molecule has 0 atom stereocenters. The van der Waals surface area contributed by atoms with Gasteiger partial charge in [-0.05, 0) is 23.0 Å². The zero-order valence-electron chi connectivity index (χ0n) is 10.7. The number of aromatic nitrogens is 2. The molecular formula is C13H10N4O3S. The Morgan fingerprint density at radius 3 is 3.00 bits per heavy atom. The van der Waals surface area contributed by atoms with Gasteiger partial charge in [0.2, 0.25) is 5.91 Å². The lowest BCUT2D eigenvalue weighted by Gasteiger charge is -2.00. The third kappa shape index (κ3) is 2.75. The number of hydrogen-bond acceptors (Lipinski definition) is 5. The van der Waals surface area contributed by atoms with Crippen LogP contribution in [0.3, 0.4) is 0 Å². The van der Waals surface area contributed by atoms with Crippen LogP contribution >= 0.6 is 11.3 Å². The van der Waals surface area contributed by atoms with Crippen molar-refractivity contribution in [2.24, 2.45) is 0 Å². The van der Waals surface area contributed by atoms with E-state index in [9.17, 15) is 14.9 Å². The molecule has 0 saturated carbocycles. The molecule has 1 amide bonds. The SMILES string of the molecule is O=C(Cc1c[nH]c2ccccc12)Nc1ncc([N+](=O)[O-])s1. The van der Waals surface area contributed by atoms with Crippen molar-refractivity contribution in [1.29, 1.82) is 0 Å². The molecule has 7 nitrogen and oxygen atoms in total. The maximum absolute atomic E-state index is 12.0. The fraction of sp³-hybridized carbons (Fsp3) is 0.0769. The van der Waals surface area contributed by atoms with E-state index in [4.69, 9.17) is 0 Å². The van der Waals surface area contributed by atoms with Crippen molar-refractivity contribution in [3.63, 3.8) is 0 Å². The summed E-state index contributed by atoms with van der Waals surface area (Å²) in [5.41, 5.74) is 1.83. The fourth-order valence-corrected chi connectivity index (χ4v) is 2.67. The van der Waals surface area contributed by atoms with Crippen LogP contribution in [0.15, 0.2) is 36.7 Å². The summed E-state index contributed by atoms with van der Waals surface area (Å²) >= 11 is 0.836. The number of benzene rings is 1. The number of amides is 1. The van der Waals surface area contributed by atoms with Crippen molar-refractivity contribution in [2.45, 2.75) is 6.42 Å². The van der Waals surface area contributed by atoms with Crippen molar-refractivity contribution in [2.75, 3.05) is 5.32 Å². The lowest BCUT2D eigenvalue weighted by molar-refractivity contribution is -0.380. The first-order chi connectivity index (χ1) is 10.1. The molecule has 106 valence electrons. The topological polar surface area (TPSA) is 101 Å². The fourth-order valence-electron chi connectivity index (χ4n) is 2.02. The Balaban J connectivity index is 1.72. The van der Waals surface area contributed by atoms with Crippen LogP contribution in [0.25, 0.3) is 10.9 Å². The summed E-state index contributed by atoms with van der Waals surface area (Å²) in [5.74, 6) is -0.260. The summed E-state index contributed by atoms with van der Waals surface area (Å²) in [5, 5.41) is 14.2. The number of carbonyl (C=O) groups is 1. The predicted molar refractivity (Wildman–Crippen MR) is 79.4 cm³/mol. The van der Waals surface area contributed by atoms with Gasteiger partial charge in [0.25, 0.3) is 0 Å². The van der Waals surface area contributed by atoms with Crippen LogP contribution < -0.4 is 5.32 Å². The summed E-state index contributed by atoms with van der Waals surface area (Å²) in [6.07, 6.45) is 3.10. The van der Waals surface area contributed by atoms with Gasteiger partial charge < -0.3 is 10.3 Å². The molecule has 2 N–H and O–H groups in total. The maximum Gasteiger partial charge on any atom is 0.345 e. The van der Waals surface area contributed by atoms with Crippen LogP contribution in [-0.4, -0.2) is 20.8 Å². The average Bonchev–Trinajstić information content (AvgIpc) is 3.07. The third-order valence-electron chi connectivity index (χ3n) is 2.95. The van der Waals surface area contributed by atoms with E-state index in [0.717, 1.165) is 34.0 Å². The minimum absolute atomic E-state index is 0.0996. The molecule has 1 aromatic carbocycles. The molecule has 21 heavy (non-hydrogen) atoms. The summed E-state index contributed by atoms with van der Waals surface area (Å²) in [6, 6.07) is 7.68. The summed E-state index contributed by atoms with van der Waals surface area (Å²) in [4.78, 5) is 28.9. The number of nitro groups is 1. The second kappa shape index (κ2) is 5.33. The highest BCUT2D eigenvalue weighted by molar-refractivity contribution is 7.18. The Morgan fingerprint density at radius 2 is 2.24 bits per heavy atom. The molecule has 3 rings (SSSR count). The van der Waals surface area contributed by atoms with Crippen LogP contribution in [0.2, 0.25) is 0 Å². The number of thiazole rings is 1. The molecule has 0 aliphatic rings. The molecule has 0 aliphatic heterocycles. The van der Waals surface area contributed by atoms with Gasteiger partial charge in [-0.25, -0.2) is 4.98 Å². The zero-order valence-corrected chi connectivity index (χ0v) is 11.5. The van der Waals surface area contributed by atoms with Gasteiger partial charge in [0.05, 0.1) is 11.3 Å². The minimum Gasteiger partial charge on any atom is -0.361 e. The molecule has 0 radical (unpaired) electrons. The number of nitrogens with one attached hydrogen (secondary N) is 2. The Morgan fingerprint density at radius 1 is 1.43 bits per heavy atom. The van der Waals surface area contributed by atoms with Gasteiger partial charge in [0.1, 0.15) is 6.20 Å². The largest absolute Gasteiger partial charge is 0.361 e. The summed E-state index contributed by atoms with van der Waals surface area (Å²) in [6.45, 7) is 0. The maximum atomic E-state index is 12.0. The number of nitrogens with zero attached hydrogens (tertiary/aromatic N) is 2. The summed E-state index contributed by atoms with van der Waals surface area (Å²) in [7, 11) is 0. The molecule has 8 heteroatoms. The van der Waals surface area contributed by atoms with E-state index in [0.29, 0.717) is 0 Å². The number of rotatable bonds is 4. The van der Waals surface area contributed by atoms with E-state index < -0.39 is 4.92 Å². The second-order valence-electron chi connectivity index (χ2n) is 4.35. The van der Waals surface area contributed by atoms with E-state index in [1.165, 1.54) is 0 Å². The highest BCUT2D eigenvalue weighted by atomic mass is 32.1. The van der Waals surface area contributed by atoms with Gasteiger partial charge in [-0.2, -0.15) is 0 Å². The Kier molecular flexibility index (Phi) is 3.36. The number of anilines is 1. The van der Waals surface area contributed by atoms with Gasteiger partial charge in [-0.1, -0.05) is 18.2 Å². The van der Waals surface area contributed by atoms with Crippen molar-refractivity contribution in [3.05, 3.63) is 52.3 Å². The number of para-hydroxylation sites is 1. The molecule has 0 fully saturated rings. The van der Waals surface area contributed by atoms with Gasteiger partial charge in [-0.15, -0.1) is 0 Å². The van der Waals surface area contributed by atoms with Crippen LogP contribution in [0.5, 0.6) is 0 Å². The lowest BCUT2D eigenvalue weighted by Crippen LogP contribution is -2.13. The number of fused-ring (bicyclic) bond motifs is 1. The number of aromatic amines is 1. The Bertz CT molecular complexity index is 824. The van der Waals surface area contributed by atoms with Gasteiger partial charge in [-0.3, -0.25) is 14.9 Å². The molecule has 2 heterocycles. The summed E-state index contributed by atoms with van der Waals surface area (Å²) < 4.78 is 0. The van der Waals surface area contributed by atoms with Crippen molar-refractivity contribution in [3.8, 4) is 0 Å². The van der Waals surface area contributed by atoms with Crippen LogP contribution in [0.1, 0.15) is 5.56 Å². The van der Waals surface area contributed by atoms with Gasteiger partial charge in [0, 0.05) is 17.1 Å². The highest BCUT2D eigenvalue weighted by Crippen LogP contribution is 2.25. The Labute approximate surface area is 122 Å². The zero-order chi connectivity index (χ0) is 14.8. The first-order valence-electron chi connectivity index (χ1n) is 6.08. The minimum atomic E-state index is -0.535. The molecule has 0 bridgehead atoms. The van der Waals surface area contributed by atoms with E-state index >= 15 is 0 Å². The van der Waals surface area contributed by atoms with E-state index in [-0.39, 0.29) is 22.5 Å².